The Bertz CT molecular complexity index is 2990. The molecule has 0 saturated heterocycles. The maximum atomic E-state index is 6.77. The van der Waals surface area contributed by atoms with Crippen molar-refractivity contribution in [2.75, 3.05) is 9.80 Å². The fourth-order valence-electron chi connectivity index (χ4n) is 9.04. The summed E-state index contributed by atoms with van der Waals surface area (Å²) in [4.78, 5) is 4.83. The number of benzene rings is 7. The van der Waals surface area contributed by atoms with E-state index >= 15 is 0 Å². The summed E-state index contributed by atoms with van der Waals surface area (Å²) in [5.41, 5.74) is 12.4. The van der Waals surface area contributed by atoms with Gasteiger partial charge in [0, 0.05) is 48.6 Å². The summed E-state index contributed by atoms with van der Waals surface area (Å²) < 4.78 is 9.01. The molecule has 10 rings (SSSR count). The van der Waals surface area contributed by atoms with Gasteiger partial charge < -0.3 is 14.2 Å². The third-order valence-corrected chi connectivity index (χ3v) is 13.4. The van der Waals surface area contributed by atoms with Crippen LogP contribution in [0.5, 0.6) is 0 Å². The molecule has 0 spiro atoms. The van der Waals surface area contributed by atoms with Gasteiger partial charge in [0.2, 0.25) is 0 Å². The van der Waals surface area contributed by atoms with Gasteiger partial charge in [0.05, 0.1) is 21.5 Å². The zero-order valence-electron chi connectivity index (χ0n) is 32.4. The van der Waals surface area contributed by atoms with Crippen LogP contribution >= 0.6 is 22.9 Å². The molecular weight excluding hydrogens is 724 g/mol. The van der Waals surface area contributed by atoms with Crippen LogP contribution in [0.1, 0.15) is 57.2 Å². The lowest BCUT2D eigenvalue weighted by molar-refractivity contribution is 0.332. The van der Waals surface area contributed by atoms with E-state index in [4.69, 9.17) is 16.0 Å². The number of halogens is 1. The molecule has 2 heterocycles. The zero-order valence-corrected chi connectivity index (χ0v) is 33.9. The van der Waals surface area contributed by atoms with E-state index in [1.54, 1.807) is 0 Å². The predicted octanol–water partition coefficient (Wildman–Crippen LogP) is 16.2. The van der Waals surface area contributed by atoms with Crippen molar-refractivity contribution in [3.63, 3.8) is 0 Å². The van der Waals surface area contributed by atoms with Crippen LogP contribution in [0.25, 0.3) is 42.1 Å². The monoisotopic (exact) mass is 766 g/mol. The maximum Gasteiger partial charge on any atom is 0.137 e. The van der Waals surface area contributed by atoms with Crippen molar-refractivity contribution in [1.29, 1.82) is 0 Å². The number of rotatable bonds is 6. The van der Waals surface area contributed by atoms with E-state index in [0.717, 1.165) is 68.0 Å². The van der Waals surface area contributed by atoms with E-state index in [2.05, 4.69) is 172 Å². The van der Waals surface area contributed by atoms with E-state index in [0.29, 0.717) is 5.02 Å². The van der Waals surface area contributed by atoms with Crippen LogP contribution < -0.4 is 9.80 Å². The van der Waals surface area contributed by atoms with Crippen LogP contribution in [-0.2, 0) is 10.8 Å². The summed E-state index contributed by atoms with van der Waals surface area (Å²) >= 11 is 8.61. The third-order valence-electron chi connectivity index (χ3n) is 12.0. The van der Waals surface area contributed by atoms with Gasteiger partial charge in [-0.2, -0.15) is 0 Å². The van der Waals surface area contributed by atoms with Gasteiger partial charge in [-0.05, 0) is 126 Å². The minimum atomic E-state index is 0.0466. The second kappa shape index (κ2) is 13.0. The average Bonchev–Trinajstić information content (AvgIpc) is 3.77. The second-order valence-electron chi connectivity index (χ2n) is 16.7. The Hall–Kier alpha value is -5.55. The molecule has 0 unspecified atom stereocenters. The van der Waals surface area contributed by atoms with Crippen LogP contribution in [0.4, 0.5) is 34.1 Å². The van der Waals surface area contributed by atoms with Gasteiger partial charge in [-0.25, -0.2) is 0 Å². The highest BCUT2D eigenvalue weighted by Gasteiger charge is 2.37. The third kappa shape index (κ3) is 5.69. The molecule has 1 aliphatic rings. The summed E-state index contributed by atoms with van der Waals surface area (Å²) in [6, 6.07) is 52.6. The van der Waals surface area contributed by atoms with E-state index < -0.39 is 0 Å². The van der Waals surface area contributed by atoms with Crippen LogP contribution in [0.15, 0.2) is 150 Å². The van der Waals surface area contributed by atoms with E-state index in [1.165, 1.54) is 37.7 Å². The number of hydrogen-bond donors (Lipinski definition) is 0. The lowest BCUT2D eigenvalue weighted by atomic mass is 9.63. The van der Waals surface area contributed by atoms with Crippen molar-refractivity contribution in [2.24, 2.45) is 0 Å². The van der Waals surface area contributed by atoms with Crippen LogP contribution in [0, 0.1) is 6.92 Å². The summed E-state index contributed by atoms with van der Waals surface area (Å²) in [5.74, 6) is 0. The van der Waals surface area contributed by atoms with E-state index in [-0.39, 0.29) is 10.8 Å². The molecule has 0 bridgehead atoms. The Morgan fingerprint density at radius 2 is 1.16 bits per heavy atom. The molecule has 0 radical (unpaired) electrons. The molecule has 0 amide bonds. The van der Waals surface area contributed by atoms with Crippen molar-refractivity contribution in [1.82, 2.24) is 0 Å². The largest absolute Gasteiger partial charge is 0.456 e. The van der Waals surface area contributed by atoms with Gasteiger partial charge in [-0.1, -0.05) is 106 Å². The number of fused-ring (bicyclic) bond motifs is 7. The molecule has 0 atom stereocenters. The average molecular weight is 767 g/mol. The molecule has 7 aromatic carbocycles. The van der Waals surface area contributed by atoms with Gasteiger partial charge >= 0.3 is 0 Å². The van der Waals surface area contributed by atoms with Crippen LogP contribution in [0.3, 0.4) is 0 Å². The zero-order chi connectivity index (χ0) is 38.3. The number of nitrogens with zero attached hydrogens (tertiary/aromatic N) is 2. The highest BCUT2D eigenvalue weighted by atomic mass is 35.5. The second-order valence-corrected chi connectivity index (χ2v) is 18.2. The Labute approximate surface area is 337 Å². The topological polar surface area (TPSA) is 19.6 Å². The maximum absolute atomic E-state index is 6.77. The SMILES string of the molecule is Cc1cc(N(c2cccc(Cl)c2)c2cccc3c2sc2ccccc23)cc(N(c2ccc3c(c2)C(C)(C)CCC3(C)C)c2cccc3oc4ccccc4c23)c1. The van der Waals surface area contributed by atoms with Crippen molar-refractivity contribution >= 4 is 99.2 Å². The summed E-state index contributed by atoms with van der Waals surface area (Å²) in [6.45, 7) is 11.8. The molecule has 1 aliphatic carbocycles. The van der Waals surface area contributed by atoms with Crippen molar-refractivity contribution in [3.8, 4) is 0 Å². The first-order valence-corrected chi connectivity index (χ1v) is 20.7. The van der Waals surface area contributed by atoms with Gasteiger partial charge in [0.1, 0.15) is 11.2 Å². The number of para-hydroxylation sites is 1. The first kappa shape index (κ1) is 34.9. The molecule has 9 aromatic rings. The molecule has 0 fully saturated rings. The quantitative estimate of drug-likeness (QED) is 0.168. The lowest BCUT2D eigenvalue weighted by Crippen LogP contribution is -2.34. The van der Waals surface area contributed by atoms with Crippen molar-refractivity contribution in [3.05, 3.63) is 167 Å². The Balaban J connectivity index is 1.25. The molecule has 0 saturated carbocycles. The fraction of sp³-hybridized carbons (Fsp3) is 0.176. The van der Waals surface area contributed by atoms with Crippen LogP contribution in [-0.4, -0.2) is 0 Å². The smallest absolute Gasteiger partial charge is 0.137 e. The summed E-state index contributed by atoms with van der Waals surface area (Å²) in [6.07, 6.45) is 2.31. The van der Waals surface area contributed by atoms with Crippen LogP contribution in [0.2, 0.25) is 5.02 Å². The molecule has 56 heavy (non-hydrogen) atoms. The molecule has 276 valence electrons. The lowest BCUT2D eigenvalue weighted by Gasteiger charge is -2.42. The highest BCUT2D eigenvalue weighted by molar-refractivity contribution is 7.26. The van der Waals surface area contributed by atoms with Gasteiger partial charge in [-0.15, -0.1) is 11.3 Å². The van der Waals surface area contributed by atoms with Gasteiger partial charge in [0.25, 0.3) is 0 Å². The Kier molecular flexibility index (Phi) is 8.11. The molecule has 2 aromatic heterocycles. The number of thiophene rings is 1. The molecule has 5 heteroatoms. The van der Waals surface area contributed by atoms with Gasteiger partial charge in [0.15, 0.2) is 0 Å². The molecule has 0 N–H and O–H groups in total. The molecule has 3 nitrogen and oxygen atoms in total. The number of furan rings is 1. The summed E-state index contributed by atoms with van der Waals surface area (Å²) in [7, 11) is 0. The van der Waals surface area contributed by atoms with E-state index in [1.807, 2.05) is 29.5 Å². The predicted molar refractivity (Wildman–Crippen MR) is 241 cm³/mol. The standard InChI is InChI=1S/C51H43ClN2OS/c1-32-27-36(30-37(28-32)54(34-14-10-13-33(52)29-34)44-19-11-17-39-38-15-7-9-22-47(38)56-49(39)44)53(35-23-24-41-42(31-35)51(4,5)26-25-50(41,2)3)43-18-12-21-46-48(43)40-16-6-8-20-45(40)55-46/h6-24,27-31H,25-26H2,1-5H3. The first-order chi connectivity index (χ1) is 27.1. The van der Waals surface area contributed by atoms with Crippen molar-refractivity contribution < 1.29 is 4.42 Å². The number of hydrogen-bond acceptors (Lipinski definition) is 4. The van der Waals surface area contributed by atoms with Crippen molar-refractivity contribution in [2.45, 2.75) is 58.3 Å². The highest BCUT2D eigenvalue weighted by Crippen LogP contribution is 2.51. The number of anilines is 6. The minimum absolute atomic E-state index is 0.0466. The summed E-state index contributed by atoms with van der Waals surface area (Å²) in [5, 5.41) is 5.43. The Morgan fingerprint density at radius 3 is 1.96 bits per heavy atom. The fourth-order valence-corrected chi connectivity index (χ4v) is 10.4. The Morgan fingerprint density at radius 1 is 0.536 bits per heavy atom. The normalized spacial score (nSPS) is 14.8. The molecular formula is C51H43ClN2OS. The first-order valence-electron chi connectivity index (χ1n) is 19.5. The van der Waals surface area contributed by atoms with Gasteiger partial charge in [-0.3, -0.25) is 0 Å². The number of aryl methyl sites for hydroxylation is 1. The molecule has 0 aliphatic heterocycles. The van der Waals surface area contributed by atoms with E-state index in [9.17, 15) is 0 Å². The minimum Gasteiger partial charge on any atom is -0.456 e.